The van der Waals surface area contributed by atoms with Crippen LogP contribution < -0.4 is 0 Å². The first-order valence-electron chi connectivity index (χ1n) is 10.4. The lowest BCUT2D eigenvalue weighted by Gasteiger charge is -1.97. The highest BCUT2D eigenvalue weighted by molar-refractivity contribution is 4.51. The van der Waals surface area contributed by atoms with Crippen LogP contribution in [-0.4, -0.2) is 0 Å². The summed E-state index contributed by atoms with van der Waals surface area (Å²) in [6, 6.07) is 0. The molecule has 0 aromatic carbocycles. The molecule has 1 aliphatic carbocycles. The maximum absolute atomic E-state index is 2.27. The van der Waals surface area contributed by atoms with E-state index in [1.807, 2.05) is 0 Å². The molecule has 1 rings (SSSR count). The summed E-state index contributed by atoms with van der Waals surface area (Å²) < 4.78 is 0. The summed E-state index contributed by atoms with van der Waals surface area (Å²) in [6.07, 6.45) is 28.0. The van der Waals surface area contributed by atoms with Crippen LogP contribution in [0.25, 0.3) is 0 Å². The van der Waals surface area contributed by atoms with Gasteiger partial charge in [-0.25, -0.2) is 0 Å². The molecule has 0 saturated heterocycles. The molecule has 21 heavy (non-hydrogen) atoms. The molecule has 0 spiro atoms. The third-order valence-corrected chi connectivity index (χ3v) is 4.71. The Kier molecular flexibility index (Phi) is 20.0. The predicted octanol–water partition coefficient (Wildman–Crippen LogP) is 8.44. The SMILES string of the molecule is C1CCCCCCCCCC1.CCCCCCCCCC. The van der Waals surface area contributed by atoms with Gasteiger partial charge in [0.15, 0.2) is 0 Å². The van der Waals surface area contributed by atoms with Crippen LogP contribution in [0.15, 0.2) is 0 Å². The molecule has 128 valence electrons. The van der Waals surface area contributed by atoms with Gasteiger partial charge >= 0.3 is 0 Å². The minimum Gasteiger partial charge on any atom is -0.0654 e. The van der Waals surface area contributed by atoms with Crippen molar-refractivity contribution >= 4 is 0 Å². The van der Waals surface area contributed by atoms with Crippen LogP contribution in [0.3, 0.4) is 0 Å². The first-order chi connectivity index (χ1) is 10.4. The lowest BCUT2D eigenvalue weighted by molar-refractivity contribution is 0.585. The Morgan fingerprint density at radius 2 is 0.524 bits per heavy atom. The summed E-state index contributed by atoms with van der Waals surface area (Å²) in [5.74, 6) is 0. The van der Waals surface area contributed by atoms with E-state index in [0.29, 0.717) is 0 Å². The van der Waals surface area contributed by atoms with Crippen molar-refractivity contribution in [3.05, 3.63) is 0 Å². The number of rotatable bonds is 7. The zero-order valence-corrected chi connectivity index (χ0v) is 15.4. The number of hydrogen-bond acceptors (Lipinski definition) is 0. The van der Waals surface area contributed by atoms with Gasteiger partial charge in [0.25, 0.3) is 0 Å². The van der Waals surface area contributed by atoms with Crippen LogP contribution in [0.2, 0.25) is 0 Å². The number of unbranched alkanes of at least 4 members (excludes halogenated alkanes) is 7. The van der Waals surface area contributed by atoms with E-state index in [-0.39, 0.29) is 0 Å². The van der Waals surface area contributed by atoms with Gasteiger partial charge in [0.05, 0.1) is 0 Å². The van der Waals surface area contributed by atoms with Gasteiger partial charge in [-0.05, 0) is 0 Å². The van der Waals surface area contributed by atoms with Crippen LogP contribution >= 0.6 is 0 Å². The molecule has 1 saturated carbocycles. The lowest BCUT2D eigenvalue weighted by atomic mass is 10.1. The highest BCUT2D eigenvalue weighted by Crippen LogP contribution is 2.15. The average Bonchev–Trinajstić information content (AvgIpc) is 2.58. The molecule has 0 aromatic rings. The fraction of sp³-hybridized carbons (Fsp3) is 1.00. The summed E-state index contributed by atoms with van der Waals surface area (Å²) in [6.45, 7) is 4.54. The van der Waals surface area contributed by atoms with Crippen LogP contribution in [0, 0.1) is 0 Å². The summed E-state index contributed by atoms with van der Waals surface area (Å²) in [5.41, 5.74) is 0. The molecule has 0 N–H and O–H groups in total. The van der Waals surface area contributed by atoms with Crippen LogP contribution in [-0.2, 0) is 0 Å². The van der Waals surface area contributed by atoms with Crippen molar-refractivity contribution in [2.45, 2.75) is 136 Å². The Morgan fingerprint density at radius 3 is 0.714 bits per heavy atom. The van der Waals surface area contributed by atoms with Gasteiger partial charge in [0.2, 0.25) is 0 Å². The Balaban J connectivity index is 0.000000384. The fourth-order valence-corrected chi connectivity index (χ4v) is 3.15. The lowest BCUT2D eigenvalue weighted by Crippen LogP contribution is -1.77. The minimum atomic E-state index is 1.37. The summed E-state index contributed by atoms with van der Waals surface area (Å²) >= 11 is 0. The minimum absolute atomic E-state index is 1.37. The van der Waals surface area contributed by atoms with Gasteiger partial charge in [-0.2, -0.15) is 0 Å². The molecule has 1 fully saturated rings. The van der Waals surface area contributed by atoms with Crippen molar-refractivity contribution in [3.63, 3.8) is 0 Å². The van der Waals surface area contributed by atoms with E-state index in [1.165, 1.54) is 122 Å². The van der Waals surface area contributed by atoms with E-state index in [2.05, 4.69) is 13.8 Å². The van der Waals surface area contributed by atoms with Crippen molar-refractivity contribution in [3.8, 4) is 0 Å². The van der Waals surface area contributed by atoms with Crippen LogP contribution in [0.4, 0.5) is 0 Å². The van der Waals surface area contributed by atoms with Gasteiger partial charge in [0, 0.05) is 0 Å². The monoisotopic (exact) mass is 296 g/mol. The second kappa shape index (κ2) is 20.0. The van der Waals surface area contributed by atoms with E-state index in [9.17, 15) is 0 Å². The molecular formula is C21H44. The second-order valence-corrected chi connectivity index (χ2v) is 7.01. The highest BCUT2D eigenvalue weighted by Gasteiger charge is 1.96. The maximum atomic E-state index is 2.27. The maximum Gasteiger partial charge on any atom is -0.0533 e. The number of hydrogen-bond donors (Lipinski definition) is 0. The van der Waals surface area contributed by atoms with E-state index in [4.69, 9.17) is 0 Å². The third-order valence-electron chi connectivity index (χ3n) is 4.71. The molecular weight excluding hydrogens is 252 g/mol. The normalized spacial score (nSPS) is 17.4. The average molecular weight is 297 g/mol. The Labute approximate surface area is 136 Å². The second-order valence-electron chi connectivity index (χ2n) is 7.01. The van der Waals surface area contributed by atoms with Crippen LogP contribution in [0.5, 0.6) is 0 Å². The first-order valence-corrected chi connectivity index (χ1v) is 10.4. The van der Waals surface area contributed by atoms with Crippen molar-refractivity contribution in [2.75, 3.05) is 0 Å². The van der Waals surface area contributed by atoms with Gasteiger partial charge < -0.3 is 0 Å². The Morgan fingerprint density at radius 1 is 0.333 bits per heavy atom. The van der Waals surface area contributed by atoms with Gasteiger partial charge in [-0.3, -0.25) is 0 Å². The standard InChI is InChI=1S/C11H22.C10H22/c1-2-4-6-8-10-11-9-7-5-3-1;1-3-5-7-9-10-8-6-4-2/h1-11H2;3-10H2,1-2H3. The van der Waals surface area contributed by atoms with Gasteiger partial charge in [-0.1, -0.05) is 136 Å². The molecule has 0 aliphatic heterocycles. The summed E-state index contributed by atoms with van der Waals surface area (Å²) in [7, 11) is 0. The molecule has 0 amide bonds. The molecule has 0 heterocycles. The van der Waals surface area contributed by atoms with E-state index < -0.39 is 0 Å². The molecule has 1 aliphatic rings. The Hall–Kier alpha value is 0. The molecule has 0 radical (unpaired) electrons. The van der Waals surface area contributed by atoms with Gasteiger partial charge in [-0.15, -0.1) is 0 Å². The van der Waals surface area contributed by atoms with E-state index in [1.54, 1.807) is 0 Å². The predicted molar refractivity (Wildman–Crippen MR) is 99.1 cm³/mol. The molecule has 0 atom stereocenters. The topological polar surface area (TPSA) is 0 Å². The summed E-state index contributed by atoms with van der Waals surface area (Å²) in [4.78, 5) is 0. The fourth-order valence-electron chi connectivity index (χ4n) is 3.15. The highest BCUT2D eigenvalue weighted by atomic mass is 14.0. The Bertz CT molecular complexity index is 115. The quantitative estimate of drug-likeness (QED) is 0.413. The molecule has 0 heteroatoms. The molecule has 0 aromatic heterocycles. The van der Waals surface area contributed by atoms with Crippen molar-refractivity contribution in [2.24, 2.45) is 0 Å². The van der Waals surface area contributed by atoms with Crippen LogP contribution in [0.1, 0.15) is 136 Å². The summed E-state index contributed by atoms with van der Waals surface area (Å²) in [5, 5.41) is 0. The molecule has 0 bridgehead atoms. The van der Waals surface area contributed by atoms with Crippen molar-refractivity contribution in [1.82, 2.24) is 0 Å². The largest absolute Gasteiger partial charge is 0.0654 e. The van der Waals surface area contributed by atoms with E-state index >= 15 is 0 Å². The smallest absolute Gasteiger partial charge is 0.0533 e. The van der Waals surface area contributed by atoms with Crippen molar-refractivity contribution in [1.29, 1.82) is 0 Å². The first kappa shape index (κ1) is 21.0. The van der Waals surface area contributed by atoms with Gasteiger partial charge in [0.1, 0.15) is 0 Å². The zero-order valence-electron chi connectivity index (χ0n) is 15.4. The molecule has 0 nitrogen and oxygen atoms in total. The van der Waals surface area contributed by atoms with Crippen molar-refractivity contribution < 1.29 is 0 Å². The molecule has 0 unspecified atom stereocenters. The zero-order chi connectivity index (χ0) is 15.4. The van der Waals surface area contributed by atoms with E-state index in [0.717, 1.165) is 0 Å². The third kappa shape index (κ3) is 20.0.